The van der Waals surface area contributed by atoms with Crippen molar-refractivity contribution in [3.63, 3.8) is 0 Å². The van der Waals surface area contributed by atoms with Crippen molar-refractivity contribution in [3.8, 4) is 0 Å². The van der Waals surface area contributed by atoms with Crippen LogP contribution in [0.5, 0.6) is 0 Å². The first-order chi connectivity index (χ1) is 8.07. The van der Waals surface area contributed by atoms with Gasteiger partial charge in [-0.05, 0) is 44.5 Å². The summed E-state index contributed by atoms with van der Waals surface area (Å²) >= 11 is 0. The van der Waals surface area contributed by atoms with Crippen molar-refractivity contribution in [2.24, 2.45) is 0 Å². The Hall–Kier alpha value is -1.09. The lowest BCUT2D eigenvalue weighted by Crippen LogP contribution is -2.27. The van der Waals surface area contributed by atoms with Crippen molar-refractivity contribution < 1.29 is 4.39 Å². The quantitative estimate of drug-likeness (QED) is 0.849. The molecule has 2 rings (SSSR count). The summed E-state index contributed by atoms with van der Waals surface area (Å²) in [6.07, 6.45) is 1.16. The molecule has 0 aliphatic carbocycles. The molecule has 0 bridgehead atoms. The fraction of sp³-hybridized carbons (Fsp3) is 0.571. The van der Waals surface area contributed by atoms with Gasteiger partial charge in [-0.15, -0.1) is 0 Å². The molecule has 1 saturated heterocycles. The van der Waals surface area contributed by atoms with Crippen LogP contribution in [-0.4, -0.2) is 26.2 Å². The highest BCUT2D eigenvalue weighted by Crippen LogP contribution is 2.26. The molecule has 3 heteroatoms. The SMILES string of the molecule is CC(C)(F)c1ccc(N2CCCNCC2)cc1. The number of hydrogen-bond acceptors (Lipinski definition) is 2. The Bertz CT molecular complexity index is 345. The van der Waals surface area contributed by atoms with E-state index in [-0.39, 0.29) is 0 Å². The first-order valence-corrected chi connectivity index (χ1v) is 6.32. The van der Waals surface area contributed by atoms with Crippen molar-refractivity contribution in [1.29, 1.82) is 0 Å². The predicted molar refractivity (Wildman–Crippen MR) is 70.3 cm³/mol. The molecule has 0 saturated carbocycles. The molecular weight excluding hydrogens is 215 g/mol. The molecule has 0 unspecified atom stereocenters. The molecule has 0 aromatic heterocycles. The van der Waals surface area contributed by atoms with Crippen LogP contribution in [0.3, 0.4) is 0 Å². The second-order valence-electron chi connectivity index (χ2n) is 5.11. The maximum atomic E-state index is 13.7. The van der Waals surface area contributed by atoms with Gasteiger partial charge < -0.3 is 10.2 Å². The normalized spacial score (nSPS) is 17.9. The van der Waals surface area contributed by atoms with Gasteiger partial charge in [0, 0.05) is 25.3 Å². The average Bonchev–Trinajstić information content (AvgIpc) is 2.56. The van der Waals surface area contributed by atoms with Gasteiger partial charge in [-0.2, -0.15) is 0 Å². The largest absolute Gasteiger partial charge is 0.370 e. The summed E-state index contributed by atoms with van der Waals surface area (Å²) in [7, 11) is 0. The summed E-state index contributed by atoms with van der Waals surface area (Å²) in [5, 5.41) is 3.38. The zero-order valence-electron chi connectivity index (χ0n) is 10.7. The fourth-order valence-corrected chi connectivity index (χ4v) is 2.17. The minimum absolute atomic E-state index is 0.745. The van der Waals surface area contributed by atoms with Crippen molar-refractivity contribution in [2.45, 2.75) is 25.9 Å². The van der Waals surface area contributed by atoms with Crippen LogP contribution in [0.1, 0.15) is 25.8 Å². The third-order valence-corrected chi connectivity index (χ3v) is 3.26. The van der Waals surface area contributed by atoms with Crippen molar-refractivity contribution in [2.75, 3.05) is 31.1 Å². The van der Waals surface area contributed by atoms with Crippen LogP contribution in [0.25, 0.3) is 0 Å². The second-order valence-corrected chi connectivity index (χ2v) is 5.11. The number of alkyl halides is 1. The summed E-state index contributed by atoms with van der Waals surface area (Å²) in [4.78, 5) is 2.36. The molecule has 1 heterocycles. The lowest BCUT2D eigenvalue weighted by molar-refractivity contribution is 0.221. The number of hydrogen-bond donors (Lipinski definition) is 1. The molecule has 0 atom stereocenters. The first kappa shape index (κ1) is 12.4. The van der Waals surface area contributed by atoms with Gasteiger partial charge >= 0.3 is 0 Å². The van der Waals surface area contributed by atoms with E-state index in [1.165, 1.54) is 5.69 Å². The Morgan fingerprint density at radius 2 is 1.82 bits per heavy atom. The van der Waals surface area contributed by atoms with Crippen LogP contribution >= 0.6 is 0 Å². The minimum atomic E-state index is -1.25. The van der Waals surface area contributed by atoms with Crippen LogP contribution in [0.4, 0.5) is 10.1 Å². The molecule has 1 aromatic carbocycles. The summed E-state index contributed by atoms with van der Waals surface area (Å²) in [5.41, 5.74) is 0.690. The summed E-state index contributed by atoms with van der Waals surface area (Å²) in [6.45, 7) is 7.40. The van der Waals surface area contributed by atoms with E-state index in [0.29, 0.717) is 0 Å². The van der Waals surface area contributed by atoms with Gasteiger partial charge in [-0.1, -0.05) is 12.1 Å². The Labute approximate surface area is 103 Å². The summed E-state index contributed by atoms with van der Waals surface area (Å²) in [6, 6.07) is 7.85. The molecule has 94 valence electrons. The second kappa shape index (κ2) is 5.05. The van der Waals surface area contributed by atoms with Gasteiger partial charge in [0.15, 0.2) is 0 Å². The van der Waals surface area contributed by atoms with Gasteiger partial charge in [0.2, 0.25) is 0 Å². The van der Waals surface area contributed by atoms with Crippen molar-refractivity contribution in [1.82, 2.24) is 5.32 Å². The zero-order valence-corrected chi connectivity index (χ0v) is 10.7. The topological polar surface area (TPSA) is 15.3 Å². The van der Waals surface area contributed by atoms with Crippen molar-refractivity contribution >= 4 is 5.69 Å². The van der Waals surface area contributed by atoms with E-state index in [0.717, 1.165) is 38.2 Å². The van der Waals surface area contributed by atoms with E-state index in [9.17, 15) is 4.39 Å². The van der Waals surface area contributed by atoms with Crippen LogP contribution in [0.15, 0.2) is 24.3 Å². The molecule has 1 N–H and O–H groups in total. The molecule has 1 fully saturated rings. The number of benzene rings is 1. The van der Waals surface area contributed by atoms with E-state index in [4.69, 9.17) is 0 Å². The molecule has 0 amide bonds. The monoisotopic (exact) mass is 236 g/mol. The Morgan fingerprint density at radius 1 is 1.12 bits per heavy atom. The molecular formula is C14H21FN2. The van der Waals surface area contributed by atoms with Gasteiger partial charge in [0.1, 0.15) is 5.67 Å². The maximum Gasteiger partial charge on any atom is 0.130 e. The Kier molecular flexibility index (Phi) is 3.67. The summed E-state index contributed by atoms with van der Waals surface area (Å²) < 4.78 is 13.7. The number of anilines is 1. The standard InChI is InChI=1S/C14H21FN2/c1-14(2,15)12-4-6-13(7-5-12)17-10-3-8-16-9-11-17/h4-7,16H,3,8-11H2,1-2H3. The molecule has 2 nitrogen and oxygen atoms in total. The van der Waals surface area contributed by atoms with Crippen LogP contribution in [0.2, 0.25) is 0 Å². The first-order valence-electron chi connectivity index (χ1n) is 6.32. The minimum Gasteiger partial charge on any atom is -0.370 e. The lowest BCUT2D eigenvalue weighted by Gasteiger charge is -2.23. The van der Waals surface area contributed by atoms with Crippen LogP contribution < -0.4 is 10.2 Å². The maximum absolute atomic E-state index is 13.7. The highest BCUT2D eigenvalue weighted by Gasteiger charge is 2.18. The molecule has 0 spiro atoms. The molecule has 1 aliphatic rings. The number of halogens is 1. The van der Waals surface area contributed by atoms with Gasteiger partial charge in [0.05, 0.1) is 0 Å². The Morgan fingerprint density at radius 3 is 2.47 bits per heavy atom. The third-order valence-electron chi connectivity index (χ3n) is 3.26. The zero-order chi connectivity index (χ0) is 12.3. The van der Waals surface area contributed by atoms with E-state index >= 15 is 0 Å². The van der Waals surface area contributed by atoms with E-state index in [1.54, 1.807) is 13.8 Å². The smallest absolute Gasteiger partial charge is 0.130 e. The molecule has 1 aliphatic heterocycles. The third kappa shape index (κ3) is 3.19. The predicted octanol–water partition coefficient (Wildman–Crippen LogP) is 2.69. The molecule has 0 radical (unpaired) electrons. The number of nitrogens with zero attached hydrogens (tertiary/aromatic N) is 1. The van der Waals surface area contributed by atoms with E-state index in [1.807, 2.05) is 24.3 Å². The van der Waals surface area contributed by atoms with Gasteiger partial charge in [-0.3, -0.25) is 0 Å². The number of rotatable bonds is 2. The van der Waals surface area contributed by atoms with E-state index in [2.05, 4.69) is 10.2 Å². The van der Waals surface area contributed by atoms with Crippen LogP contribution in [0, 0.1) is 0 Å². The van der Waals surface area contributed by atoms with Gasteiger partial charge in [-0.25, -0.2) is 4.39 Å². The number of nitrogens with one attached hydrogen (secondary N) is 1. The molecule has 17 heavy (non-hydrogen) atoms. The highest BCUT2D eigenvalue weighted by molar-refractivity contribution is 5.48. The van der Waals surface area contributed by atoms with Crippen molar-refractivity contribution in [3.05, 3.63) is 29.8 Å². The summed E-state index contributed by atoms with van der Waals surface area (Å²) in [5.74, 6) is 0. The Balaban J connectivity index is 2.11. The highest BCUT2D eigenvalue weighted by atomic mass is 19.1. The lowest BCUT2D eigenvalue weighted by atomic mass is 10.00. The average molecular weight is 236 g/mol. The molecule has 1 aromatic rings. The van der Waals surface area contributed by atoms with Gasteiger partial charge in [0.25, 0.3) is 0 Å². The van der Waals surface area contributed by atoms with Crippen LogP contribution in [-0.2, 0) is 5.67 Å². The fourth-order valence-electron chi connectivity index (χ4n) is 2.17. The van der Waals surface area contributed by atoms with E-state index < -0.39 is 5.67 Å².